The fourth-order valence-corrected chi connectivity index (χ4v) is 3.64. The van der Waals surface area contributed by atoms with E-state index in [0.29, 0.717) is 0 Å². The van der Waals surface area contributed by atoms with Crippen molar-refractivity contribution in [1.29, 1.82) is 0 Å². The van der Waals surface area contributed by atoms with Crippen LogP contribution >= 0.6 is 7.75 Å². The van der Waals surface area contributed by atoms with Gasteiger partial charge in [0.25, 0.3) is 5.66 Å². The Hall–Kier alpha value is -1.20. The predicted molar refractivity (Wildman–Crippen MR) is 82.1 cm³/mol. The van der Waals surface area contributed by atoms with Crippen LogP contribution in [0.25, 0.3) is 0 Å². The number of nitrogens with one attached hydrogen (secondary N) is 2. The largest absolute Gasteiger partial charge is 0.429 e. The van der Waals surface area contributed by atoms with Gasteiger partial charge in [-0.25, -0.2) is 8.96 Å². The molecule has 0 aromatic heterocycles. The summed E-state index contributed by atoms with van der Waals surface area (Å²) in [5.41, 5.74) is -4.87. The summed E-state index contributed by atoms with van der Waals surface area (Å²) in [6.45, 7) is 0.553. The van der Waals surface area contributed by atoms with Crippen molar-refractivity contribution in [2.45, 2.75) is 38.4 Å². The second-order valence-corrected chi connectivity index (χ2v) is 6.91. The number of alkyl halides is 6. The molecule has 0 spiro atoms. The van der Waals surface area contributed by atoms with E-state index in [9.17, 15) is 35.3 Å². The lowest BCUT2D eigenvalue weighted by molar-refractivity contribution is -0.313. The predicted octanol–water partition coefficient (Wildman–Crippen LogP) is 4.51. The molecule has 0 heterocycles. The van der Waals surface area contributed by atoms with Crippen LogP contribution in [0.2, 0.25) is 0 Å². The quantitative estimate of drug-likeness (QED) is 0.346. The van der Waals surface area contributed by atoms with E-state index in [1.54, 1.807) is 0 Å². The number of benzene rings is 1. The number of hydrogen-bond acceptors (Lipinski definition) is 4. The molecule has 0 amide bonds. The third-order valence-corrected chi connectivity index (χ3v) is 5.03. The Labute approximate surface area is 150 Å². The summed E-state index contributed by atoms with van der Waals surface area (Å²) in [4.78, 5) is 0. The minimum Gasteiger partial charge on any atom is -0.297 e. The van der Waals surface area contributed by atoms with Gasteiger partial charge in [-0.3, -0.25) is 14.4 Å². The third kappa shape index (κ3) is 5.89. The molecule has 156 valence electrons. The van der Waals surface area contributed by atoms with Gasteiger partial charge in [-0.2, -0.15) is 31.4 Å². The Kier molecular flexibility index (Phi) is 7.83. The van der Waals surface area contributed by atoms with Crippen LogP contribution in [0.1, 0.15) is 19.4 Å². The van der Waals surface area contributed by atoms with Gasteiger partial charge < -0.3 is 0 Å². The number of rotatable bonds is 9. The van der Waals surface area contributed by atoms with Crippen LogP contribution in [0.15, 0.2) is 24.3 Å². The molecule has 0 atom stereocenters. The van der Waals surface area contributed by atoms with E-state index in [2.05, 4.69) is 9.05 Å². The summed E-state index contributed by atoms with van der Waals surface area (Å²) in [7, 11) is -4.98. The van der Waals surface area contributed by atoms with Gasteiger partial charge in [0.15, 0.2) is 0 Å². The molecular formula is C14H18F7N2O3P. The van der Waals surface area contributed by atoms with Crippen molar-refractivity contribution < 1.29 is 44.3 Å². The Balaban J connectivity index is 3.33. The molecule has 1 aromatic rings. The zero-order valence-electron chi connectivity index (χ0n) is 14.2. The third-order valence-electron chi connectivity index (χ3n) is 3.22. The van der Waals surface area contributed by atoms with Crippen molar-refractivity contribution in [3.63, 3.8) is 0 Å². The summed E-state index contributed by atoms with van der Waals surface area (Å²) in [5, 5.41) is 2.29. The topological polar surface area (TPSA) is 59.6 Å². The van der Waals surface area contributed by atoms with Gasteiger partial charge in [0, 0.05) is 6.54 Å². The molecule has 13 heteroatoms. The Morgan fingerprint density at radius 1 is 0.926 bits per heavy atom. The highest BCUT2D eigenvalue weighted by molar-refractivity contribution is 7.51. The molecule has 1 aromatic carbocycles. The fourth-order valence-electron chi connectivity index (χ4n) is 2.01. The highest BCUT2D eigenvalue weighted by Gasteiger charge is 2.73. The standard InChI is InChI=1S/C14H18F7N2O3P/c1-3-25-27(24,26-4-2)23-12(13(16,17)18,14(19,20)21)22-9-10-5-7-11(15)8-6-10/h5-8,22H,3-4,9H2,1-2H3,(H,23,24). The van der Waals surface area contributed by atoms with Gasteiger partial charge in [0.05, 0.1) is 13.2 Å². The summed E-state index contributed by atoms with van der Waals surface area (Å²) >= 11 is 0. The van der Waals surface area contributed by atoms with Crippen molar-refractivity contribution in [3.05, 3.63) is 35.6 Å². The van der Waals surface area contributed by atoms with Crippen LogP contribution in [0.5, 0.6) is 0 Å². The molecule has 0 bridgehead atoms. The summed E-state index contributed by atoms with van der Waals surface area (Å²) in [6, 6.07) is 3.76. The van der Waals surface area contributed by atoms with E-state index in [4.69, 9.17) is 0 Å². The van der Waals surface area contributed by atoms with Crippen molar-refractivity contribution in [3.8, 4) is 0 Å². The van der Waals surface area contributed by atoms with Crippen LogP contribution in [0.4, 0.5) is 30.7 Å². The zero-order chi connectivity index (χ0) is 20.9. The van der Waals surface area contributed by atoms with Crippen molar-refractivity contribution in [2.24, 2.45) is 0 Å². The molecule has 0 aliphatic carbocycles. The van der Waals surface area contributed by atoms with Crippen molar-refractivity contribution in [1.82, 2.24) is 10.4 Å². The summed E-state index contributed by atoms with van der Waals surface area (Å²) < 4.78 is 115. The molecular weight excluding hydrogens is 408 g/mol. The molecule has 5 nitrogen and oxygen atoms in total. The molecule has 2 N–H and O–H groups in total. The first-order chi connectivity index (χ1) is 12.3. The first-order valence-corrected chi connectivity index (χ1v) is 9.16. The highest BCUT2D eigenvalue weighted by atomic mass is 31.2. The molecule has 0 aliphatic rings. The minimum absolute atomic E-state index is 0.0706. The summed E-state index contributed by atoms with van der Waals surface area (Å²) in [6.07, 6.45) is -12.0. The zero-order valence-corrected chi connectivity index (χ0v) is 15.1. The van der Waals surface area contributed by atoms with Crippen LogP contribution in [0.3, 0.4) is 0 Å². The van der Waals surface area contributed by atoms with Gasteiger partial charge >= 0.3 is 20.1 Å². The first-order valence-electron chi connectivity index (χ1n) is 7.61. The Morgan fingerprint density at radius 2 is 1.37 bits per heavy atom. The van der Waals surface area contributed by atoms with E-state index >= 15 is 0 Å². The molecule has 0 radical (unpaired) electrons. The Bertz CT molecular complexity index is 626. The molecule has 27 heavy (non-hydrogen) atoms. The van der Waals surface area contributed by atoms with E-state index in [0.717, 1.165) is 29.4 Å². The average molecular weight is 426 g/mol. The van der Waals surface area contributed by atoms with E-state index in [-0.39, 0.29) is 5.56 Å². The monoisotopic (exact) mass is 426 g/mol. The lowest BCUT2D eigenvalue weighted by Gasteiger charge is -2.40. The Morgan fingerprint density at radius 3 is 1.74 bits per heavy atom. The maximum atomic E-state index is 13.5. The van der Waals surface area contributed by atoms with Crippen molar-refractivity contribution in [2.75, 3.05) is 13.2 Å². The fraction of sp³-hybridized carbons (Fsp3) is 0.571. The van der Waals surface area contributed by atoms with E-state index in [1.807, 2.05) is 0 Å². The lowest BCUT2D eigenvalue weighted by Crippen LogP contribution is -2.73. The number of halogens is 7. The lowest BCUT2D eigenvalue weighted by atomic mass is 10.1. The van der Waals surface area contributed by atoms with Crippen molar-refractivity contribution >= 4 is 7.75 Å². The molecule has 0 unspecified atom stereocenters. The average Bonchev–Trinajstić information content (AvgIpc) is 2.51. The summed E-state index contributed by atoms with van der Waals surface area (Å²) in [5.74, 6) is -0.716. The van der Waals surface area contributed by atoms with Crippen LogP contribution in [-0.2, 0) is 20.2 Å². The maximum absolute atomic E-state index is 13.5. The molecule has 0 saturated heterocycles. The second-order valence-electron chi connectivity index (χ2n) is 5.17. The van der Waals surface area contributed by atoms with E-state index in [1.165, 1.54) is 19.2 Å². The smallest absolute Gasteiger partial charge is 0.297 e. The van der Waals surface area contributed by atoms with Gasteiger partial charge in [-0.1, -0.05) is 12.1 Å². The normalized spacial score (nSPS) is 13.8. The SMILES string of the molecule is CCOP(=O)(NC(NCc1ccc(F)cc1)(C(F)(F)F)C(F)(F)F)OCC. The van der Waals surface area contributed by atoms with Gasteiger partial charge in [0.2, 0.25) is 0 Å². The van der Waals surface area contributed by atoms with Crippen LogP contribution in [-0.4, -0.2) is 31.2 Å². The van der Waals surface area contributed by atoms with Crippen LogP contribution in [0, 0.1) is 5.82 Å². The van der Waals surface area contributed by atoms with Crippen LogP contribution < -0.4 is 10.4 Å². The molecule has 0 saturated carbocycles. The molecule has 1 rings (SSSR count). The maximum Gasteiger partial charge on any atom is 0.429 e. The van der Waals surface area contributed by atoms with Gasteiger partial charge in [-0.05, 0) is 31.5 Å². The second kappa shape index (κ2) is 8.87. The van der Waals surface area contributed by atoms with Gasteiger partial charge in [0.1, 0.15) is 5.82 Å². The van der Waals surface area contributed by atoms with Gasteiger partial charge in [-0.15, -0.1) is 0 Å². The molecule has 0 fully saturated rings. The molecule has 0 aliphatic heterocycles. The van der Waals surface area contributed by atoms with E-state index < -0.39 is 51.3 Å². The highest BCUT2D eigenvalue weighted by Crippen LogP contribution is 2.52. The minimum atomic E-state index is -5.98. The first kappa shape index (κ1) is 23.8. The number of hydrogen-bond donors (Lipinski definition) is 2.